The first kappa shape index (κ1) is 25.6. The fraction of sp³-hybridized carbons (Fsp3) is 0.367. The molecule has 4 rings (SSSR count). The van der Waals surface area contributed by atoms with Crippen LogP contribution in [0.25, 0.3) is 0 Å². The molecule has 190 valence electrons. The first-order valence-corrected chi connectivity index (χ1v) is 12.5. The van der Waals surface area contributed by atoms with Crippen molar-refractivity contribution >= 4 is 5.91 Å². The molecule has 1 N–H and O–H groups in total. The maximum absolute atomic E-state index is 13.2. The summed E-state index contributed by atoms with van der Waals surface area (Å²) in [7, 11) is 5.00. The predicted molar refractivity (Wildman–Crippen MR) is 142 cm³/mol. The Morgan fingerprint density at radius 2 is 1.58 bits per heavy atom. The molecule has 3 aromatic rings. The van der Waals surface area contributed by atoms with Crippen LogP contribution in [-0.2, 0) is 17.8 Å². The molecule has 1 fully saturated rings. The lowest BCUT2D eigenvalue weighted by molar-refractivity contribution is -0.127. The molecular weight excluding hydrogens is 452 g/mol. The van der Waals surface area contributed by atoms with E-state index in [1.807, 2.05) is 48.5 Å². The number of carbonyl (C=O) groups is 1. The van der Waals surface area contributed by atoms with E-state index in [1.165, 1.54) is 5.56 Å². The quantitative estimate of drug-likeness (QED) is 0.434. The number of hydrogen-bond donors (Lipinski definition) is 1. The van der Waals surface area contributed by atoms with Gasteiger partial charge in [-0.25, -0.2) is 0 Å². The molecule has 1 aliphatic heterocycles. The third-order valence-corrected chi connectivity index (χ3v) is 6.92. The van der Waals surface area contributed by atoms with E-state index >= 15 is 0 Å². The van der Waals surface area contributed by atoms with Crippen LogP contribution in [0.15, 0.2) is 72.8 Å². The molecule has 36 heavy (non-hydrogen) atoms. The summed E-state index contributed by atoms with van der Waals surface area (Å²) in [6, 6.07) is 24.7. The van der Waals surface area contributed by atoms with E-state index in [2.05, 4.69) is 34.5 Å². The Hall–Kier alpha value is -3.51. The molecule has 0 bridgehead atoms. The average molecular weight is 489 g/mol. The largest absolute Gasteiger partial charge is 0.497 e. The molecule has 0 saturated carbocycles. The van der Waals surface area contributed by atoms with Gasteiger partial charge in [-0.1, -0.05) is 48.5 Å². The zero-order chi connectivity index (χ0) is 25.3. The van der Waals surface area contributed by atoms with Crippen LogP contribution in [0.1, 0.15) is 35.6 Å². The SMILES string of the molecule is COc1cc(CN2C[C@H](C(=O)NCCc3ccccc3OC)CC[C@H]2c2ccccc2)cc(OC)c1. The van der Waals surface area contributed by atoms with Crippen LogP contribution in [-0.4, -0.2) is 45.2 Å². The van der Waals surface area contributed by atoms with Crippen LogP contribution >= 0.6 is 0 Å². The Bertz CT molecular complexity index is 1110. The molecule has 3 aromatic carbocycles. The Morgan fingerprint density at radius 1 is 0.889 bits per heavy atom. The molecule has 6 heteroatoms. The number of ether oxygens (including phenoxy) is 3. The number of hydrogen-bond acceptors (Lipinski definition) is 5. The molecule has 6 nitrogen and oxygen atoms in total. The monoisotopic (exact) mass is 488 g/mol. The maximum atomic E-state index is 13.2. The highest BCUT2D eigenvalue weighted by atomic mass is 16.5. The number of nitrogens with one attached hydrogen (secondary N) is 1. The van der Waals surface area contributed by atoms with Gasteiger partial charge in [0.1, 0.15) is 17.2 Å². The molecule has 0 radical (unpaired) electrons. The highest BCUT2D eigenvalue weighted by Gasteiger charge is 2.33. The minimum Gasteiger partial charge on any atom is -0.497 e. The number of methoxy groups -OCH3 is 3. The molecule has 2 atom stereocenters. The van der Waals surface area contributed by atoms with Crippen molar-refractivity contribution in [3.05, 3.63) is 89.5 Å². The van der Waals surface area contributed by atoms with Crippen LogP contribution in [0, 0.1) is 5.92 Å². The summed E-state index contributed by atoms with van der Waals surface area (Å²) in [6.45, 7) is 1.99. The molecule has 1 saturated heterocycles. The van der Waals surface area contributed by atoms with Crippen molar-refractivity contribution < 1.29 is 19.0 Å². The maximum Gasteiger partial charge on any atom is 0.224 e. The van der Waals surface area contributed by atoms with Crippen molar-refractivity contribution in [2.75, 3.05) is 34.4 Å². The number of benzene rings is 3. The van der Waals surface area contributed by atoms with Gasteiger partial charge in [-0.2, -0.15) is 0 Å². The first-order valence-electron chi connectivity index (χ1n) is 12.5. The summed E-state index contributed by atoms with van der Waals surface area (Å²) in [6.07, 6.45) is 2.52. The van der Waals surface area contributed by atoms with Crippen molar-refractivity contribution in [2.24, 2.45) is 5.92 Å². The Morgan fingerprint density at radius 3 is 2.28 bits per heavy atom. The highest BCUT2D eigenvalue weighted by molar-refractivity contribution is 5.79. The third kappa shape index (κ3) is 6.38. The number of nitrogens with zero attached hydrogens (tertiary/aromatic N) is 1. The Kier molecular flexibility index (Phi) is 8.85. The zero-order valence-electron chi connectivity index (χ0n) is 21.4. The van der Waals surface area contributed by atoms with Gasteiger partial charge in [0, 0.05) is 31.7 Å². The Balaban J connectivity index is 1.46. The van der Waals surface area contributed by atoms with Crippen molar-refractivity contribution in [3.63, 3.8) is 0 Å². The van der Waals surface area contributed by atoms with Crippen LogP contribution in [0.5, 0.6) is 17.2 Å². The van der Waals surface area contributed by atoms with Crippen molar-refractivity contribution in [1.29, 1.82) is 0 Å². The lowest BCUT2D eigenvalue weighted by Crippen LogP contribution is -2.44. The summed E-state index contributed by atoms with van der Waals surface area (Å²) in [5.74, 6) is 2.45. The van der Waals surface area contributed by atoms with Gasteiger partial charge in [-0.3, -0.25) is 9.69 Å². The highest BCUT2D eigenvalue weighted by Crippen LogP contribution is 2.35. The lowest BCUT2D eigenvalue weighted by Gasteiger charge is -2.39. The summed E-state index contributed by atoms with van der Waals surface area (Å²) in [5.41, 5.74) is 3.48. The molecule has 0 unspecified atom stereocenters. The van der Waals surface area contributed by atoms with E-state index < -0.39 is 0 Å². The van der Waals surface area contributed by atoms with Gasteiger partial charge in [0.05, 0.1) is 27.2 Å². The topological polar surface area (TPSA) is 60.0 Å². The van der Waals surface area contributed by atoms with Crippen LogP contribution in [0.3, 0.4) is 0 Å². The third-order valence-electron chi connectivity index (χ3n) is 6.92. The fourth-order valence-electron chi connectivity index (χ4n) is 5.05. The number of carbonyl (C=O) groups excluding carboxylic acids is 1. The molecule has 0 spiro atoms. The van der Waals surface area contributed by atoms with Crippen molar-refractivity contribution in [3.8, 4) is 17.2 Å². The van der Waals surface area contributed by atoms with Gasteiger partial charge in [0.2, 0.25) is 5.91 Å². The molecular formula is C30H36N2O4. The van der Waals surface area contributed by atoms with E-state index in [0.717, 1.165) is 47.6 Å². The molecule has 1 amide bonds. The number of rotatable bonds is 10. The fourth-order valence-corrected chi connectivity index (χ4v) is 5.05. The minimum absolute atomic E-state index is 0.0601. The van der Waals surface area contributed by atoms with E-state index in [4.69, 9.17) is 14.2 Å². The van der Waals surface area contributed by atoms with Gasteiger partial charge < -0.3 is 19.5 Å². The first-order chi connectivity index (χ1) is 17.6. The van der Waals surface area contributed by atoms with E-state index in [-0.39, 0.29) is 17.9 Å². The lowest BCUT2D eigenvalue weighted by atomic mass is 9.88. The van der Waals surface area contributed by atoms with E-state index in [9.17, 15) is 4.79 Å². The molecule has 0 aliphatic carbocycles. The van der Waals surface area contributed by atoms with E-state index in [0.29, 0.717) is 19.6 Å². The summed E-state index contributed by atoms with van der Waals surface area (Å²) in [5, 5.41) is 3.17. The Labute approximate surface area is 214 Å². The second-order valence-corrected chi connectivity index (χ2v) is 9.20. The smallest absolute Gasteiger partial charge is 0.224 e. The number of amides is 1. The standard InChI is InChI=1S/C30H36N2O4/c1-34-26-17-22(18-27(19-26)35-2)20-32-21-25(13-14-28(32)23-9-5-4-6-10-23)30(33)31-16-15-24-11-7-8-12-29(24)36-3/h4-12,17-19,25,28H,13-16,20-21H2,1-3H3,(H,31,33)/t25-,28+/m1/s1. The number of para-hydroxylation sites is 1. The van der Waals surface area contributed by atoms with Gasteiger partial charge in [0.15, 0.2) is 0 Å². The van der Waals surface area contributed by atoms with Crippen molar-refractivity contribution in [1.82, 2.24) is 10.2 Å². The van der Waals surface area contributed by atoms with Crippen LogP contribution in [0.2, 0.25) is 0 Å². The summed E-state index contributed by atoms with van der Waals surface area (Å²) in [4.78, 5) is 15.6. The second-order valence-electron chi connectivity index (χ2n) is 9.20. The number of piperidine rings is 1. The van der Waals surface area contributed by atoms with Gasteiger partial charge >= 0.3 is 0 Å². The van der Waals surface area contributed by atoms with Gasteiger partial charge in [-0.05, 0) is 54.2 Å². The number of likely N-dealkylation sites (tertiary alicyclic amines) is 1. The van der Waals surface area contributed by atoms with Crippen molar-refractivity contribution in [2.45, 2.75) is 31.8 Å². The normalized spacial score (nSPS) is 17.9. The summed E-state index contributed by atoms with van der Waals surface area (Å²) >= 11 is 0. The zero-order valence-corrected chi connectivity index (χ0v) is 21.4. The van der Waals surface area contributed by atoms with E-state index in [1.54, 1.807) is 21.3 Å². The summed E-state index contributed by atoms with van der Waals surface area (Å²) < 4.78 is 16.4. The molecule has 0 aromatic heterocycles. The van der Waals surface area contributed by atoms with Crippen LogP contribution in [0.4, 0.5) is 0 Å². The van der Waals surface area contributed by atoms with Gasteiger partial charge in [-0.15, -0.1) is 0 Å². The second kappa shape index (κ2) is 12.5. The average Bonchev–Trinajstić information content (AvgIpc) is 2.93. The predicted octanol–water partition coefficient (Wildman–Crippen LogP) is 5.02. The van der Waals surface area contributed by atoms with Crippen LogP contribution < -0.4 is 19.5 Å². The van der Waals surface area contributed by atoms with Gasteiger partial charge in [0.25, 0.3) is 0 Å². The minimum atomic E-state index is -0.0601. The molecule has 1 aliphatic rings. The molecule has 1 heterocycles.